The second-order valence-electron chi connectivity index (χ2n) is 5.62. The van der Waals surface area contributed by atoms with E-state index in [1.165, 1.54) is 6.20 Å². The van der Waals surface area contributed by atoms with Crippen molar-refractivity contribution < 1.29 is 4.79 Å². The number of carbonyl (C=O) groups is 1. The molecule has 2 aromatic heterocycles. The minimum absolute atomic E-state index is 0.0702. The van der Waals surface area contributed by atoms with Crippen molar-refractivity contribution in [3.8, 4) is 0 Å². The summed E-state index contributed by atoms with van der Waals surface area (Å²) >= 11 is 0. The van der Waals surface area contributed by atoms with E-state index in [-0.39, 0.29) is 17.6 Å². The Morgan fingerprint density at radius 1 is 1.43 bits per heavy atom. The number of nitrogens with zero attached hydrogens (tertiary/aromatic N) is 2. The van der Waals surface area contributed by atoms with Crippen LogP contribution in [0.2, 0.25) is 0 Å². The van der Waals surface area contributed by atoms with Crippen molar-refractivity contribution in [2.45, 2.75) is 19.4 Å². The predicted octanol–water partition coefficient (Wildman–Crippen LogP) is 1.48. The number of nitrogens with one attached hydrogen (secondary N) is 3. The van der Waals surface area contributed by atoms with E-state index in [1.807, 2.05) is 18.2 Å². The van der Waals surface area contributed by atoms with Crippen molar-refractivity contribution in [3.05, 3.63) is 52.6 Å². The second-order valence-corrected chi connectivity index (χ2v) is 5.62. The molecule has 7 nitrogen and oxygen atoms in total. The van der Waals surface area contributed by atoms with Crippen LogP contribution in [0.25, 0.3) is 0 Å². The number of hydrogen-bond donors (Lipinski definition) is 3. The summed E-state index contributed by atoms with van der Waals surface area (Å²) in [5, 5.41) is 5.69. The first kappa shape index (κ1) is 15.1. The average molecular weight is 313 g/mol. The minimum Gasteiger partial charge on any atom is -0.354 e. The highest BCUT2D eigenvalue weighted by Gasteiger charge is 2.24. The Balaban J connectivity index is 1.54. The van der Waals surface area contributed by atoms with Gasteiger partial charge in [0.1, 0.15) is 5.82 Å². The van der Waals surface area contributed by atoms with Crippen LogP contribution < -0.4 is 21.1 Å². The maximum Gasteiger partial charge on any atom is 0.319 e. The molecular weight excluding hydrogens is 294 g/mol. The van der Waals surface area contributed by atoms with E-state index in [0.717, 1.165) is 25.3 Å². The lowest BCUT2D eigenvalue weighted by Crippen LogP contribution is -2.39. The van der Waals surface area contributed by atoms with Gasteiger partial charge in [0.05, 0.1) is 5.69 Å². The van der Waals surface area contributed by atoms with E-state index in [9.17, 15) is 9.59 Å². The van der Waals surface area contributed by atoms with Gasteiger partial charge in [-0.2, -0.15) is 0 Å². The molecule has 0 spiro atoms. The van der Waals surface area contributed by atoms with Gasteiger partial charge < -0.3 is 20.5 Å². The molecule has 0 saturated carbocycles. The molecule has 7 heteroatoms. The zero-order valence-electron chi connectivity index (χ0n) is 12.9. The number of aryl methyl sites for hydroxylation is 1. The van der Waals surface area contributed by atoms with Crippen LogP contribution in [0.3, 0.4) is 0 Å². The zero-order valence-corrected chi connectivity index (χ0v) is 12.9. The summed E-state index contributed by atoms with van der Waals surface area (Å²) in [6.07, 6.45) is 4.12. The lowest BCUT2D eigenvalue weighted by Gasteiger charge is -2.18. The normalized spacial score (nSPS) is 17.1. The number of rotatable bonds is 3. The third-order valence-corrected chi connectivity index (χ3v) is 3.84. The van der Waals surface area contributed by atoms with E-state index in [1.54, 1.807) is 19.2 Å². The first-order chi connectivity index (χ1) is 11.1. The smallest absolute Gasteiger partial charge is 0.319 e. The number of carbonyl (C=O) groups excluding carboxylic acids is 1. The Kier molecular flexibility index (Phi) is 4.27. The fourth-order valence-electron chi connectivity index (χ4n) is 2.65. The molecule has 1 aliphatic heterocycles. The molecule has 1 aliphatic rings. The maximum absolute atomic E-state index is 12.1. The summed E-state index contributed by atoms with van der Waals surface area (Å²) < 4.78 is 0. The molecule has 23 heavy (non-hydrogen) atoms. The molecule has 0 aromatic carbocycles. The topological polar surface area (TPSA) is 90.1 Å². The Morgan fingerprint density at radius 3 is 3.04 bits per heavy atom. The van der Waals surface area contributed by atoms with Gasteiger partial charge in [-0.3, -0.25) is 4.79 Å². The number of hydrogen-bond acceptors (Lipinski definition) is 4. The number of H-pyrrole nitrogens is 1. The fourth-order valence-corrected chi connectivity index (χ4v) is 2.65. The maximum atomic E-state index is 12.1. The number of urea groups is 1. The monoisotopic (exact) mass is 313 g/mol. The molecule has 0 aliphatic carbocycles. The standard InChI is InChI=1S/C16H19N5O2/c1-11-8-13(9-18-15(11)22)20-16(23)19-12-5-7-21(10-12)14-4-2-3-6-17-14/h2-4,6,8-9,12H,5,7,10H2,1H3,(H,18,22)(H2,19,20,23). The third-order valence-electron chi connectivity index (χ3n) is 3.84. The molecule has 120 valence electrons. The molecule has 3 N–H and O–H groups in total. The summed E-state index contributed by atoms with van der Waals surface area (Å²) in [4.78, 5) is 32.4. The molecule has 1 unspecified atom stereocenters. The number of pyridine rings is 2. The van der Waals surface area contributed by atoms with E-state index < -0.39 is 0 Å². The summed E-state index contributed by atoms with van der Waals surface area (Å²) in [5.41, 5.74) is 0.974. The average Bonchev–Trinajstić information content (AvgIpc) is 3.00. The van der Waals surface area contributed by atoms with Gasteiger partial charge in [-0.25, -0.2) is 9.78 Å². The largest absolute Gasteiger partial charge is 0.354 e. The van der Waals surface area contributed by atoms with Crippen LogP contribution in [0.4, 0.5) is 16.3 Å². The van der Waals surface area contributed by atoms with Gasteiger partial charge in [-0.1, -0.05) is 6.07 Å². The second kappa shape index (κ2) is 6.51. The van der Waals surface area contributed by atoms with Crippen LogP contribution in [0, 0.1) is 6.92 Å². The van der Waals surface area contributed by atoms with Crippen LogP contribution in [-0.4, -0.2) is 35.1 Å². The van der Waals surface area contributed by atoms with Crippen LogP contribution in [-0.2, 0) is 0 Å². The minimum atomic E-state index is -0.274. The van der Waals surface area contributed by atoms with Gasteiger partial charge in [-0.05, 0) is 31.5 Å². The van der Waals surface area contributed by atoms with Crippen molar-refractivity contribution in [1.29, 1.82) is 0 Å². The third kappa shape index (κ3) is 3.68. The molecular formula is C16H19N5O2. The van der Waals surface area contributed by atoms with Crippen molar-refractivity contribution in [2.24, 2.45) is 0 Å². The highest BCUT2D eigenvalue weighted by Crippen LogP contribution is 2.17. The molecule has 2 amide bonds. The van der Waals surface area contributed by atoms with Crippen molar-refractivity contribution >= 4 is 17.5 Å². The molecule has 1 saturated heterocycles. The number of amides is 2. The summed E-state index contributed by atoms with van der Waals surface area (Å²) in [7, 11) is 0. The Labute approximate surface area is 133 Å². The summed E-state index contributed by atoms with van der Waals surface area (Å²) in [5.74, 6) is 0.925. The fraction of sp³-hybridized carbons (Fsp3) is 0.312. The van der Waals surface area contributed by atoms with Crippen LogP contribution in [0.5, 0.6) is 0 Å². The van der Waals surface area contributed by atoms with Gasteiger partial charge in [0, 0.05) is 37.1 Å². The van der Waals surface area contributed by atoms with Crippen molar-refractivity contribution in [1.82, 2.24) is 15.3 Å². The first-order valence-electron chi connectivity index (χ1n) is 7.54. The Morgan fingerprint density at radius 2 is 2.30 bits per heavy atom. The Bertz CT molecular complexity index is 744. The number of aromatic amines is 1. The van der Waals surface area contributed by atoms with Gasteiger partial charge in [0.25, 0.3) is 5.56 Å². The summed E-state index contributed by atoms with van der Waals surface area (Å²) in [6, 6.07) is 7.24. The lowest BCUT2D eigenvalue weighted by atomic mass is 10.2. The van der Waals surface area contributed by atoms with E-state index in [4.69, 9.17) is 0 Å². The first-order valence-corrected chi connectivity index (χ1v) is 7.54. The van der Waals surface area contributed by atoms with E-state index >= 15 is 0 Å². The number of aromatic nitrogens is 2. The molecule has 0 radical (unpaired) electrons. The molecule has 1 fully saturated rings. The van der Waals surface area contributed by atoms with Crippen molar-refractivity contribution in [2.75, 3.05) is 23.3 Å². The predicted molar refractivity (Wildman–Crippen MR) is 88.8 cm³/mol. The zero-order chi connectivity index (χ0) is 16.2. The molecule has 3 heterocycles. The van der Waals surface area contributed by atoms with Gasteiger partial charge >= 0.3 is 6.03 Å². The lowest BCUT2D eigenvalue weighted by molar-refractivity contribution is 0.249. The molecule has 1 atom stereocenters. The summed E-state index contributed by atoms with van der Waals surface area (Å²) in [6.45, 7) is 3.29. The highest BCUT2D eigenvalue weighted by atomic mass is 16.2. The molecule has 0 bridgehead atoms. The molecule has 3 rings (SSSR count). The number of anilines is 2. The van der Waals surface area contributed by atoms with E-state index in [2.05, 4.69) is 25.5 Å². The quantitative estimate of drug-likeness (QED) is 0.800. The highest BCUT2D eigenvalue weighted by molar-refractivity contribution is 5.89. The van der Waals surface area contributed by atoms with Crippen LogP contribution in [0.15, 0.2) is 41.5 Å². The van der Waals surface area contributed by atoms with Crippen LogP contribution >= 0.6 is 0 Å². The van der Waals surface area contributed by atoms with Gasteiger partial charge in [-0.15, -0.1) is 0 Å². The van der Waals surface area contributed by atoms with Crippen LogP contribution in [0.1, 0.15) is 12.0 Å². The molecule has 2 aromatic rings. The van der Waals surface area contributed by atoms with Gasteiger partial charge in [0.15, 0.2) is 0 Å². The van der Waals surface area contributed by atoms with Crippen molar-refractivity contribution in [3.63, 3.8) is 0 Å². The van der Waals surface area contributed by atoms with Gasteiger partial charge in [0.2, 0.25) is 0 Å². The Hall–Kier alpha value is -2.83. The van der Waals surface area contributed by atoms with E-state index in [0.29, 0.717) is 11.3 Å². The SMILES string of the molecule is Cc1cc(NC(=O)NC2CCN(c3ccccn3)C2)c[nH]c1=O.